The number of carbonyl (C=O) groups is 1. The molecule has 7 heteroatoms. The van der Waals surface area contributed by atoms with E-state index in [1.54, 1.807) is 25.1 Å². The molecule has 0 aliphatic carbocycles. The number of nitro groups is 1. The van der Waals surface area contributed by atoms with Gasteiger partial charge in [0.1, 0.15) is 5.69 Å². The maximum atomic E-state index is 12.2. The maximum Gasteiger partial charge on any atom is 0.292 e. The summed E-state index contributed by atoms with van der Waals surface area (Å²) in [6.45, 7) is 1.78. The van der Waals surface area contributed by atoms with E-state index in [0.29, 0.717) is 5.02 Å². The summed E-state index contributed by atoms with van der Waals surface area (Å²) in [5.74, 6) is -0.435. The number of rotatable bonds is 4. The van der Waals surface area contributed by atoms with Gasteiger partial charge >= 0.3 is 0 Å². The smallest absolute Gasteiger partial charge is 0.292 e. The Labute approximate surface area is 132 Å². The Kier molecular flexibility index (Phi) is 4.62. The van der Waals surface area contributed by atoms with Crippen LogP contribution in [0.3, 0.4) is 0 Å². The number of hydrogen-bond acceptors (Lipinski definition) is 4. The Hall–Kier alpha value is -2.60. The lowest BCUT2D eigenvalue weighted by Gasteiger charge is -2.15. The van der Waals surface area contributed by atoms with Gasteiger partial charge in [0.2, 0.25) is 0 Å². The molecule has 2 rings (SSSR count). The van der Waals surface area contributed by atoms with E-state index >= 15 is 0 Å². The standard InChI is InChI=1S/C15H14ClN3O3/c1-9(11-4-2-3-5-12(11)16)18-15(20)10-6-7-13(17)14(8-10)19(21)22/h2-9H,17H2,1H3,(H,18,20). The number of hydrogen-bond donors (Lipinski definition) is 2. The molecule has 6 nitrogen and oxygen atoms in total. The first-order valence-electron chi connectivity index (χ1n) is 6.49. The van der Waals surface area contributed by atoms with Gasteiger partial charge in [-0.2, -0.15) is 0 Å². The maximum absolute atomic E-state index is 12.2. The van der Waals surface area contributed by atoms with Gasteiger partial charge in [0.05, 0.1) is 11.0 Å². The Bertz CT molecular complexity index is 734. The summed E-state index contributed by atoms with van der Waals surface area (Å²) >= 11 is 6.08. The zero-order valence-electron chi connectivity index (χ0n) is 11.7. The molecule has 0 fully saturated rings. The number of nitro benzene ring substituents is 1. The number of amides is 1. The molecule has 1 atom stereocenters. The molecule has 114 valence electrons. The first-order valence-corrected chi connectivity index (χ1v) is 6.87. The minimum atomic E-state index is -0.621. The van der Waals surface area contributed by atoms with Gasteiger partial charge in [-0.25, -0.2) is 0 Å². The Morgan fingerprint density at radius 1 is 1.32 bits per heavy atom. The Morgan fingerprint density at radius 2 is 2.00 bits per heavy atom. The summed E-state index contributed by atoms with van der Waals surface area (Å²) in [5.41, 5.74) is 6.17. The zero-order chi connectivity index (χ0) is 16.3. The van der Waals surface area contributed by atoms with Crippen molar-refractivity contribution in [1.82, 2.24) is 5.32 Å². The quantitative estimate of drug-likeness (QED) is 0.513. The summed E-state index contributed by atoms with van der Waals surface area (Å²) < 4.78 is 0. The molecule has 0 spiro atoms. The lowest BCUT2D eigenvalue weighted by atomic mass is 10.1. The molecule has 0 aliphatic rings. The van der Waals surface area contributed by atoms with Crippen molar-refractivity contribution in [3.05, 3.63) is 68.7 Å². The molecule has 0 bridgehead atoms. The molecule has 3 N–H and O–H groups in total. The number of nitrogens with two attached hydrogens (primary N) is 1. The minimum Gasteiger partial charge on any atom is -0.393 e. The molecule has 0 saturated carbocycles. The van der Waals surface area contributed by atoms with Crippen LogP contribution in [-0.2, 0) is 0 Å². The first kappa shape index (κ1) is 15.8. The topological polar surface area (TPSA) is 98.3 Å². The van der Waals surface area contributed by atoms with Gasteiger partial charge in [-0.1, -0.05) is 29.8 Å². The average Bonchev–Trinajstić information content (AvgIpc) is 2.47. The van der Waals surface area contributed by atoms with Crippen molar-refractivity contribution in [3.8, 4) is 0 Å². The summed E-state index contributed by atoms with van der Waals surface area (Å²) in [4.78, 5) is 22.4. The fraction of sp³-hybridized carbons (Fsp3) is 0.133. The summed E-state index contributed by atoms with van der Waals surface area (Å²) in [6.07, 6.45) is 0. The van der Waals surface area contributed by atoms with E-state index in [0.717, 1.165) is 11.6 Å². The number of nitrogens with zero attached hydrogens (tertiary/aromatic N) is 1. The van der Waals surface area contributed by atoms with E-state index < -0.39 is 10.8 Å². The van der Waals surface area contributed by atoms with Gasteiger partial charge in [0, 0.05) is 16.7 Å². The molecule has 1 unspecified atom stereocenters. The third-order valence-corrected chi connectivity index (χ3v) is 3.55. The number of nitrogens with one attached hydrogen (secondary N) is 1. The highest BCUT2D eigenvalue weighted by Gasteiger charge is 2.18. The normalized spacial score (nSPS) is 11.7. The van der Waals surface area contributed by atoms with Crippen molar-refractivity contribution in [2.45, 2.75) is 13.0 Å². The summed E-state index contributed by atoms with van der Waals surface area (Å²) in [7, 11) is 0. The van der Waals surface area contributed by atoms with Gasteiger partial charge in [-0.05, 0) is 30.7 Å². The first-order chi connectivity index (χ1) is 10.4. The molecule has 0 aliphatic heterocycles. The number of halogens is 1. The number of carbonyl (C=O) groups excluding carboxylic acids is 1. The highest BCUT2D eigenvalue weighted by molar-refractivity contribution is 6.31. The second-order valence-electron chi connectivity index (χ2n) is 4.75. The van der Waals surface area contributed by atoms with Crippen molar-refractivity contribution in [1.29, 1.82) is 0 Å². The van der Waals surface area contributed by atoms with Crippen LogP contribution in [0.15, 0.2) is 42.5 Å². The monoisotopic (exact) mass is 319 g/mol. The second kappa shape index (κ2) is 6.44. The lowest BCUT2D eigenvalue weighted by molar-refractivity contribution is -0.383. The highest BCUT2D eigenvalue weighted by atomic mass is 35.5. The van der Waals surface area contributed by atoms with Crippen LogP contribution < -0.4 is 11.1 Å². The van der Waals surface area contributed by atoms with Gasteiger partial charge < -0.3 is 11.1 Å². The molecular formula is C15H14ClN3O3. The molecule has 0 radical (unpaired) electrons. The second-order valence-corrected chi connectivity index (χ2v) is 5.15. The van der Waals surface area contributed by atoms with E-state index in [9.17, 15) is 14.9 Å². The largest absolute Gasteiger partial charge is 0.393 e. The molecule has 22 heavy (non-hydrogen) atoms. The molecule has 1 amide bonds. The van der Waals surface area contributed by atoms with Gasteiger partial charge in [0.25, 0.3) is 11.6 Å². The van der Waals surface area contributed by atoms with Crippen molar-refractivity contribution < 1.29 is 9.72 Å². The fourth-order valence-electron chi connectivity index (χ4n) is 2.03. The summed E-state index contributed by atoms with van der Waals surface area (Å²) in [6, 6.07) is 10.8. The molecule has 0 saturated heterocycles. The molecule has 2 aromatic carbocycles. The van der Waals surface area contributed by atoms with Crippen LogP contribution in [0.2, 0.25) is 5.02 Å². The number of benzene rings is 2. The van der Waals surface area contributed by atoms with E-state index in [1.807, 2.05) is 6.07 Å². The lowest BCUT2D eigenvalue weighted by Crippen LogP contribution is -2.26. The average molecular weight is 320 g/mol. The fourth-order valence-corrected chi connectivity index (χ4v) is 2.33. The highest BCUT2D eigenvalue weighted by Crippen LogP contribution is 2.24. The van der Waals surface area contributed by atoms with Crippen LogP contribution in [-0.4, -0.2) is 10.8 Å². The van der Waals surface area contributed by atoms with Gasteiger partial charge in [-0.15, -0.1) is 0 Å². The number of nitrogen functional groups attached to an aromatic ring is 1. The van der Waals surface area contributed by atoms with Crippen LogP contribution in [0.4, 0.5) is 11.4 Å². The van der Waals surface area contributed by atoms with Crippen molar-refractivity contribution >= 4 is 28.9 Å². The third-order valence-electron chi connectivity index (χ3n) is 3.21. The molecule has 0 aromatic heterocycles. The Morgan fingerprint density at radius 3 is 2.64 bits per heavy atom. The Balaban J connectivity index is 2.21. The number of anilines is 1. The van der Waals surface area contributed by atoms with Crippen LogP contribution in [0.1, 0.15) is 28.9 Å². The van der Waals surface area contributed by atoms with Crippen molar-refractivity contribution in [3.63, 3.8) is 0 Å². The summed E-state index contributed by atoms with van der Waals surface area (Å²) in [5, 5.41) is 14.2. The van der Waals surface area contributed by atoms with Crippen LogP contribution in [0, 0.1) is 10.1 Å². The predicted octanol–water partition coefficient (Wildman–Crippen LogP) is 3.32. The predicted molar refractivity (Wildman–Crippen MR) is 84.8 cm³/mol. The van der Waals surface area contributed by atoms with Crippen LogP contribution in [0.25, 0.3) is 0 Å². The van der Waals surface area contributed by atoms with E-state index in [-0.39, 0.29) is 23.0 Å². The zero-order valence-corrected chi connectivity index (χ0v) is 12.5. The van der Waals surface area contributed by atoms with Gasteiger partial charge in [0.15, 0.2) is 0 Å². The SMILES string of the molecule is CC(NC(=O)c1ccc(N)c([N+](=O)[O-])c1)c1ccccc1Cl. The third kappa shape index (κ3) is 3.35. The van der Waals surface area contributed by atoms with E-state index in [2.05, 4.69) is 5.32 Å². The van der Waals surface area contributed by atoms with Crippen LogP contribution in [0.5, 0.6) is 0 Å². The van der Waals surface area contributed by atoms with Crippen LogP contribution >= 0.6 is 11.6 Å². The molecule has 2 aromatic rings. The molecule has 0 heterocycles. The van der Waals surface area contributed by atoms with Gasteiger partial charge in [-0.3, -0.25) is 14.9 Å². The van der Waals surface area contributed by atoms with Crippen molar-refractivity contribution in [2.75, 3.05) is 5.73 Å². The minimum absolute atomic E-state index is 0.0145. The molecular weight excluding hydrogens is 306 g/mol. The van der Waals surface area contributed by atoms with E-state index in [4.69, 9.17) is 17.3 Å². The van der Waals surface area contributed by atoms with E-state index in [1.165, 1.54) is 12.1 Å². The van der Waals surface area contributed by atoms with Crippen molar-refractivity contribution in [2.24, 2.45) is 0 Å².